The molecule has 0 heterocycles. The van der Waals surface area contributed by atoms with E-state index in [1.807, 2.05) is 6.07 Å². The van der Waals surface area contributed by atoms with Crippen molar-refractivity contribution in [2.75, 3.05) is 7.11 Å². The van der Waals surface area contributed by atoms with Gasteiger partial charge >= 0.3 is 0 Å². The van der Waals surface area contributed by atoms with Gasteiger partial charge in [0.2, 0.25) is 0 Å². The topological polar surface area (TPSA) is 71.3 Å². The maximum absolute atomic E-state index is 15.0. The predicted octanol–water partition coefficient (Wildman–Crippen LogP) is 4.77. The smallest absolute Gasteiger partial charge is 0.254 e. The maximum atomic E-state index is 15.0. The number of amides is 1. The van der Waals surface area contributed by atoms with Crippen molar-refractivity contribution in [1.82, 2.24) is 5.32 Å². The number of ether oxygens (including phenoxy) is 2. The Bertz CT molecular complexity index is 1110. The molecule has 8 heteroatoms. The van der Waals surface area contributed by atoms with Crippen molar-refractivity contribution in [2.45, 2.75) is 12.6 Å². The second-order valence-electron chi connectivity index (χ2n) is 6.47. The highest BCUT2D eigenvalue weighted by atomic mass is 19.1. The third kappa shape index (κ3) is 5.21. The summed E-state index contributed by atoms with van der Waals surface area (Å²) in [6, 6.07) is 15.3. The fraction of sp³-hybridized carbons (Fsp3) is 0.130. The van der Waals surface area contributed by atoms with Gasteiger partial charge in [0.15, 0.2) is 17.7 Å². The predicted molar refractivity (Wildman–Crippen MR) is 106 cm³/mol. The molecule has 1 N–H and O–H groups in total. The number of halogens is 3. The Balaban J connectivity index is 1.79. The summed E-state index contributed by atoms with van der Waals surface area (Å²) >= 11 is 0. The molecule has 0 aliphatic rings. The van der Waals surface area contributed by atoms with Crippen molar-refractivity contribution in [1.29, 1.82) is 5.26 Å². The van der Waals surface area contributed by atoms with E-state index in [0.29, 0.717) is 11.1 Å². The lowest BCUT2D eigenvalue weighted by atomic mass is 10.1. The molecule has 3 rings (SSSR count). The zero-order valence-electron chi connectivity index (χ0n) is 16.4. The summed E-state index contributed by atoms with van der Waals surface area (Å²) in [5.41, 5.74) is 0.544. The molecule has 3 aromatic carbocycles. The van der Waals surface area contributed by atoms with E-state index in [4.69, 9.17) is 14.7 Å². The molecule has 0 saturated carbocycles. The molecular formula is C23H17F3N2O3. The molecule has 0 radical (unpaired) electrons. The monoisotopic (exact) mass is 426 g/mol. The molecule has 0 saturated heterocycles. The molecule has 1 atom stereocenters. The number of rotatable bonds is 7. The average molecular weight is 426 g/mol. The second-order valence-corrected chi connectivity index (χ2v) is 6.47. The number of nitriles is 1. The van der Waals surface area contributed by atoms with Gasteiger partial charge in [0.25, 0.3) is 5.91 Å². The summed E-state index contributed by atoms with van der Waals surface area (Å²) in [5, 5.41) is 11.4. The molecule has 0 aromatic heterocycles. The van der Waals surface area contributed by atoms with E-state index in [2.05, 4.69) is 5.32 Å². The Morgan fingerprint density at radius 1 is 1.03 bits per heavy atom. The molecule has 3 aromatic rings. The van der Waals surface area contributed by atoms with Gasteiger partial charge in [-0.3, -0.25) is 4.79 Å². The highest BCUT2D eigenvalue weighted by molar-refractivity contribution is 5.82. The highest BCUT2D eigenvalue weighted by Crippen LogP contribution is 2.32. The Hall–Kier alpha value is -3.83. The first-order valence-electron chi connectivity index (χ1n) is 9.13. The van der Waals surface area contributed by atoms with Crippen LogP contribution in [-0.4, -0.2) is 13.0 Å². The minimum Gasteiger partial charge on any atom is -0.454 e. The zero-order valence-corrected chi connectivity index (χ0v) is 16.4. The van der Waals surface area contributed by atoms with Crippen LogP contribution in [0.2, 0.25) is 0 Å². The van der Waals surface area contributed by atoms with Crippen molar-refractivity contribution < 1.29 is 27.4 Å². The van der Waals surface area contributed by atoms with Crippen molar-refractivity contribution >= 4 is 5.91 Å². The minimum atomic E-state index is -1.57. The third-order valence-corrected chi connectivity index (χ3v) is 4.42. The van der Waals surface area contributed by atoms with Crippen LogP contribution < -0.4 is 10.1 Å². The van der Waals surface area contributed by atoms with Crippen LogP contribution >= 0.6 is 0 Å². The van der Waals surface area contributed by atoms with E-state index in [0.717, 1.165) is 31.4 Å². The number of carbonyl (C=O) groups is 1. The van der Waals surface area contributed by atoms with Gasteiger partial charge in [-0.2, -0.15) is 5.26 Å². The van der Waals surface area contributed by atoms with Crippen LogP contribution in [-0.2, 0) is 16.1 Å². The van der Waals surface area contributed by atoms with Gasteiger partial charge in [0.1, 0.15) is 17.4 Å². The third-order valence-electron chi connectivity index (χ3n) is 4.42. The van der Waals surface area contributed by atoms with E-state index in [-0.39, 0.29) is 18.0 Å². The lowest BCUT2D eigenvalue weighted by Crippen LogP contribution is -2.31. The molecule has 1 unspecified atom stereocenters. The first-order valence-corrected chi connectivity index (χ1v) is 9.13. The van der Waals surface area contributed by atoms with E-state index < -0.39 is 35.0 Å². The van der Waals surface area contributed by atoms with Crippen LogP contribution in [0, 0.1) is 28.8 Å². The first-order chi connectivity index (χ1) is 14.9. The lowest BCUT2D eigenvalue weighted by Gasteiger charge is -2.18. The average Bonchev–Trinajstić information content (AvgIpc) is 2.78. The summed E-state index contributed by atoms with van der Waals surface area (Å²) in [5.74, 6) is -3.55. The van der Waals surface area contributed by atoms with Crippen molar-refractivity contribution in [2.24, 2.45) is 0 Å². The Morgan fingerprint density at radius 3 is 2.32 bits per heavy atom. The summed E-state index contributed by atoms with van der Waals surface area (Å²) in [6.07, 6.45) is -1.57. The van der Waals surface area contributed by atoms with Gasteiger partial charge in [-0.05, 0) is 54.1 Å². The molecular weight excluding hydrogens is 409 g/mol. The Kier molecular flexibility index (Phi) is 6.90. The number of carbonyl (C=O) groups excluding carboxylic acids is 1. The lowest BCUT2D eigenvalue weighted by molar-refractivity contribution is -0.131. The maximum Gasteiger partial charge on any atom is 0.254 e. The molecule has 0 aliphatic heterocycles. The fourth-order valence-electron chi connectivity index (χ4n) is 2.83. The summed E-state index contributed by atoms with van der Waals surface area (Å²) in [4.78, 5) is 12.6. The largest absolute Gasteiger partial charge is 0.454 e. The molecule has 1 amide bonds. The van der Waals surface area contributed by atoms with Gasteiger partial charge in [0.05, 0.1) is 17.2 Å². The summed E-state index contributed by atoms with van der Waals surface area (Å²) in [6.45, 7) is 0.0689. The summed E-state index contributed by atoms with van der Waals surface area (Å²) < 4.78 is 52.9. The number of hydrogen-bond donors (Lipinski definition) is 1. The first kappa shape index (κ1) is 21.9. The molecule has 158 valence electrons. The summed E-state index contributed by atoms with van der Waals surface area (Å²) in [7, 11) is 1.15. The SMILES string of the molecule is COC(C(=O)NCc1ccc(C#N)cc1)c1c(F)ccc(Oc2ccc(F)cc2)c1F. The van der Waals surface area contributed by atoms with E-state index in [1.165, 1.54) is 12.1 Å². The number of hydrogen-bond acceptors (Lipinski definition) is 4. The standard InChI is InChI=1S/C23H17F3N2O3/c1-30-22(23(29)28-13-15-4-2-14(12-27)3-5-15)20-18(25)10-11-19(21(20)26)31-17-8-6-16(24)7-9-17/h2-11,22H,13H2,1H3,(H,28,29). The number of benzene rings is 3. The number of methoxy groups -OCH3 is 1. The highest BCUT2D eigenvalue weighted by Gasteiger charge is 2.29. The zero-order chi connectivity index (χ0) is 22.4. The van der Waals surface area contributed by atoms with Crippen molar-refractivity contribution in [3.63, 3.8) is 0 Å². The number of nitrogens with one attached hydrogen (secondary N) is 1. The van der Waals surface area contributed by atoms with E-state index in [1.54, 1.807) is 24.3 Å². The molecule has 31 heavy (non-hydrogen) atoms. The van der Waals surface area contributed by atoms with Crippen LogP contribution in [0.3, 0.4) is 0 Å². The Labute approximate surface area is 176 Å². The van der Waals surface area contributed by atoms with Gasteiger partial charge in [-0.25, -0.2) is 13.2 Å². The number of nitrogens with zero attached hydrogens (tertiary/aromatic N) is 1. The minimum absolute atomic E-state index is 0.0689. The van der Waals surface area contributed by atoms with E-state index in [9.17, 15) is 13.6 Å². The van der Waals surface area contributed by atoms with Crippen LogP contribution in [0.15, 0.2) is 60.7 Å². The van der Waals surface area contributed by atoms with Crippen LogP contribution in [0.5, 0.6) is 11.5 Å². The van der Waals surface area contributed by atoms with Gasteiger partial charge in [0, 0.05) is 13.7 Å². The molecule has 0 aliphatic carbocycles. The van der Waals surface area contributed by atoms with Crippen LogP contribution in [0.1, 0.15) is 22.8 Å². The fourth-order valence-corrected chi connectivity index (χ4v) is 2.83. The quantitative estimate of drug-likeness (QED) is 0.591. The van der Waals surface area contributed by atoms with Crippen molar-refractivity contribution in [3.05, 3.63) is 94.8 Å². The molecule has 5 nitrogen and oxygen atoms in total. The van der Waals surface area contributed by atoms with E-state index >= 15 is 4.39 Å². The molecule has 0 spiro atoms. The molecule has 0 fully saturated rings. The van der Waals surface area contributed by atoms with Crippen LogP contribution in [0.25, 0.3) is 0 Å². The van der Waals surface area contributed by atoms with Gasteiger partial charge in [-0.1, -0.05) is 12.1 Å². The van der Waals surface area contributed by atoms with Gasteiger partial charge in [-0.15, -0.1) is 0 Å². The normalized spacial score (nSPS) is 11.5. The Morgan fingerprint density at radius 2 is 1.71 bits per heavy atom. The molecule has 0 bridgehead atoms. The van der Waals surface area contributed by atoms with Crippen LogP contribution in [0.4, 0.5) is 13.2 Å². The van der Waals surface area contributed by atoms with Crippen molar-refractivity contribution in [3.8, 4) is 17.6 Å². The van der Waals surface area contributed by atoms with Gasteiger partial charge < -0.3 is 14.8 Å². The second kappa shape index (κ2) is 9.78.